The van der Waals surface area contributed by atoms with Crippen LogP contribution in [-0.4, -0.2) is 18.6 Å². The average molecular weight is 224 g/mol. The molecule has 5 heteroatoms. The van der Waals surface area contributed by atoms with Gasteiger partial charge in [-0.15, -0.1) is 0 Å². The average Bonchev–Trinajstić information content (AvgIpc) is 2.28. The van der Waals surface area contributed by atoms with Crippen LogP contribution in [0.25, 0.3) is 0 Å². The number of methoxy groups -OCH3 is 1. The topological polar surface area (TPSA) is 78.4 Å². The standard InChI is InChI=1S/C11H16N2O3/c1-8(5-6-12)10-4-3-9(13(14)15)7-11(10)16-2/h3-4,7-8H,5-6,12H2,1-2H3. The highest BCUT2D eigenvalue weighted by atomic mass is 16.6. The summed E-state index contributed by atoms with van der Waals surface area (Å²) < 4.78 is 5.16. The van der Waals surface area contributed by atoms with Crippen LogP contribution in [0.15, 0.2) is 18.2 Å². The van der Waals surface area contributed by atoms with Gasteiger partial charge in [0.2, 0.25) is 0 Å². The van der Waals surface area contributed by atoms with Gasteiger partial charge in [0.1, 0.15) is 5.75 Å². The summed E-state index contributed by atoms with van der Waals surface area (Å²) in [7, 11) is 1.51. The maximum absolute atomic E-state index is 10.6. The van der Waals surface area contributed by atoms with Gasteiger partial charge in [0.25, 0.3) is 5.69 Å². The predicted molar refractivity (Wildman–Crippen MR) is 61.7 cm³/mol. The second-order valence-corrected chi connectivity index (χ2v) is 3.66. The molecule has 0 aliphatic rings. The van der Waals surface area contributed by atoms with Gasteiger partial charge in [-0.05, 0) is 30.5 Å². The summed E-state index contributed by atoms with van der Waals surface area (Å²) in [6.45, 7) is 2.61. The molecule has 0 amide bonds. The molecular weight excluding hydrogens is 208 g/mol. The van der Waals surface area contributed by atoms with E-state index in [1.54, 1.807) is 6.07 Å². The van der Waals surface area contributed by atoms with Gasteiger partial charge in [-0.2, -0.15) is 0 Å². The lowest BCUT2D eigenvalue weighted by Crippen LogP contribution is -2.06. The van der Waals surface area contributed by atoms with Crippen LogP contribution in [0.3, 0.4) is 0 Å². The highest BCUT2D eigenvalue weighted by Crippen LogP contribution is 2.31. The molecule has 1 unspecified atom stereocenters. The van der Waals surface area contributed by atoms with Gasteiger partial charge in [-0.25, -0.2) is 0 Å². The van der Waals surface area contributed by atoms with Crippen LogP contribution in [0.4, 0.5) is 5.69 Å². The Morgan fingerprint density at radius 3 is 2.75 bits per heavy atom. The third kappa shape index (κ3) is 2.70. The van der Waals surface area contributed by atoms with Crippen LogP contribution < -0.4 is 10.5 Å². The zero-order valence-corrected chi connectivity index (χ0v) is 9.47. The molecule has 0 bridgehead atoms. The zero-order chi connectivity index (χ0) is 12.1. The van der Waals surface area contributed by atoms with Crippen LogP contribution in [0, 0.1) is 10.1 Å². The Balaban J connectivity index is 3.06. The second kappa shape index (κ2) is 5.46. The normalized spacial score (nSPS) is 12.2. The minimum absolute atomic E-state index is 0.0422. The molecule has 0 spiro atoms. The second-order valence-electron chi connectivity index (χ2n) is 3.66. The van der Waals surface area contributed by atoms with Crippen molar-refractivity contribution in [2.45, 2.75) is 19.3 Å². The van der Waals surface area contributed by atoms with E-state index in [4.69, 9.17) is 10.5 Å². The smallest absolute Gasteiger partial charge is 0.273 e. The van der Waals surface area contributed by atoms with Gasteiger partial charge in [0.15, 0.2) is 0 Å². The first-order valence-electron chi connectivity index (χ1n) is 5.12. The quantitative estimate of drug-likeness (QED) is 0.613. The Morgan fingerprint density at radius 2 is 2.25 bits per heavy atom. The van der Waals surface area contributed by atoms with Crippen molar-refractivity contribution < 1.29 is 9.66 Å². The molecule has 1 aromatic carbocycles. The van der Waals surface area contributed by atoms with E-state index in [1.165, 1.54) is 19.2 Å². The van der Waals surface area contributed by atoms with E-state index in [2.05, 4.69) is 0 Å². The number of nitrogens with zero attached hydrogens (tertiary/aromatic N) is 1. The molecule has 1 atom stereocenters. The predicted octanol–water partition coefficient (Wildman–Crippen LogP) is 2.06. The van der Waals surface area contributed by atoms with E-state index in [0.717, 1.165) is 12.0 Å². The first-order valence-corrected chi connectivity index (χ1v) is 5.12. The molecule has 0 radical (unpaired) electrons. The van der Waals surface area contributed by atoms with Crippen molar-refractivity contribution in [2.24, 2.45) is 5.73 Å². The lowest BCUT2D eigenvalue weighted by atomic mass is 9.96. The summed E-state index contributed by atoms with van der Waals surface area (Å²) >= 11 is 0. The van der Waals surface area contributed by atoms with Crippen LogP contribution in [0.1, 0.15) is 24.8 Å². The first-order chi connectivity index (χ1) is 7.60. The summed E-state index contributed by atoms with van der Waals surface area (Å²) in [6.07, 6.45) is 0.828. The van der Waals surface area contributed by atoms with Crippen LogP contribution >= 0.6 is 0 Å². The van der Waals surface area contributed by atoms with Crippen LogP contribution in [0.2, 0.25) is 0 Å². The van der Waals surface area contributed by atoms with Gasteiger partial charge in [0.05, 0.1) is 18.1 Å². The van der Waals surface area contributed by atoms with Gasteiger partial charge >= 0.3 is 0 Å². The fourth-order valence-corrected chi connectivity index (χ4v) is 1.63. The van der Waals surface area contributed by atoms with Crippen molar-refractivity contribution in [3.8, 4) is 5.75 Å². The number of hydrogen-bond acceptors (Lipinski definition) is 4. The van der Waals surface area contributed by atoms with E-state index in [0.29, 0.717) is 12.3 Å². The lowest BCUT2D eigenvalue weighted by molar-refractivity contribution is -0.384. The van der Waals surface area contributed by atoms with Crippen molar-refractivity contribution in [3.63, 3.8) is 0 Å². The molecule has 88 valence electrons. The van der Waals surface area contributed by atoms with Crippen molar-refractivity contribution in [1.29, 1.82) is 0 Å². The molecule has 1 aromatic rings. The van der Waals surface area contributed by atoms with Crippen LogP contribution in [-0.2, 0) is 0 Å². The van der Waals surface area contributed by atoms with Crippen molar-refractivity contribution in [3.05, 3.63) is 33.9 Å². The van der Waals surface area contributed by atoms with E-state index in [9.17, 15) is 10.1 Å². The molecular formula is C11H16N2O3. The van der Waals surface area contributed by atoms with Crippen molar-refractivity contribution >= 4 is 5.69 Å². The Hall–Kier alpha value is -1.62. The zero-order valence-electron chi connectivity index (χ0n) is 9.47. The van der Waals surface area contributed by atoms with Crippen LogP contribution in [0.5, 0.6) is 5.75 Å². The molecule has 0 aliphatic heterocycles. The number of non-ortho nitro benzene ring substituents is 1. The lowest BCUT2D eigenvalue weighted by Gasteiger charge is -2.14. The maximum atomic E-state index is 10.6. The fourth-order valence-electron chi connectivity index (χ4n) is 1.63. The SMILES string of the molecule is COc1cc([N+](=O)[O-])ccc1C(C)CCN. The van der Waals surface area contributed by atoms with Gasteiger partial charge in [-0.1, -0.05) is 6.92 Å². The largest absolute Gasteiger partial charge is 0.496 e. The number of rotatable bonds is 5. The Bertz CT molecular complexity index is 379. The first kappa shape index (κ1) is 12.4. The van der Waals surface area contributed by atoms with Crippen molar-refractivity contribution in [2.75, 3.05) is 13.7 Å². The Kier molecular flexibility index (Phi) is 4.25. The molecule has 16 heavy (non-hydrogen) atoms. The minimum atomic E-state index is -0.431. The minimum Gasteiger partial charge on any atom is -0.496 e. The molecule has 0 aromatic heterocycles. The maximum Gasteiger partial charge on any atom is 0.273 e. The molecule has 1 rings (SSSR count). The molecule has 0 aliphatic carbocycles. The molecule has 0 saturated carbocycles. The Labute approximate surface area is 94.4 Å². The van der Waals surface area contributed by atoms with Gasteiger partial charge in [0, 0.05) is 6.07 Å². The molecule has 2 N–H and O–H groups in total. The highest BCUT2D eigenvalue weighted by Gasteiger charge is 2.15. The number of nitro benzene ring substituents is 1. The molecule has 0 saturated heterocycles. The molecule has 0 fully saturated rings. The summed E-state index contributed by atoms with van der Waals surface area (Å²) in [4.78, 5) is 10.2. The summed E-state index contributed by atoms with van der Waals surface area (Å²) in [6, 6.07) is 4.67. The summed E-state index contributed by atoms with van der Waals surface area (Å²) in [5.41, 5.74) is 6.49. The number of hydrogen-bond donors (Lipinski definition) is 1. The molecule has 0 heterocycles. The van der Waals surface area contributed by atoms with E-state index in [-0.39, 0.29) is 11.6 Å². The third-order valence-electron chi connectivity index (χ3n) is 2.56. The molecule has 5 nitrogen and oxygen atoms in total. The van der Waals surface area contributed by atoms with Crippen molar-refractivity contribution in [1.82, 2.24) is 0 Å². The monoisotopic (exact) mass is 224 g/mol. The van der Waals surface area contributed by atoms with Gasteiger partial charge < -0.3 is 10.5 Å². The van der Waals surface area contributed by atoms with E-state index >= 15 is 0 Å². The number of ether oxygens (including phenoxy) is 1. The number of nitrogens with two attached hydrogens (primary N) is 1. The summed E-state index contributed by atoms with van der Waals surface area (Å²) in [5.74, 6) is 0.788. The third-order valence-corrected chi connectivity index (χ3v) is 2.56. The highest BCUT2D eigenvalue weighted by molar-refractivity contribution is 5.45. The fraction of sp³-hybridized carbons (Fsp3) is 0.455. The van der Waals surface area contributed by atoms with Gasteiger partial charge in [-0.3, -0.25) is 10.1 Å². The Morgan fingerprint density at radius 1 is 1.56 bits per heavy atom. The van der Waals surface area contributed by atoms with E-state index in [1.807, 2.05) is 6.92 Å². The number of benzene rings is 1. The summed E-state index contributed by atoms with van der Waals surface area (Å²) in [5, 5.41) is 10.6. The number of nitro groups is 1. The van der Waals surface area contributed by atoms with E-state index < -0.39 is 4.92 Å².